The number of carbonyl (C=O) groups is 1. The molecule has 1 nitrogen and oxygen atoms in total. The number of Topliss-reactive ketones (excluding diaryl/α,β-unsaturated/α-hetero) is 1. The summed E-state index contributed by atoms with van der Waals surface area (Å²) in [6, 6.07) is 2.75. The minimum atomic E-state index is -0.346. The Morgan fingerprint density at radius 1 is 1.31 bits per heavy atom. The van der Waals surface area contributed by atoms with E-state index in [0.29, 0.717) is 12.0 Å². The van der Waals surface area contributed by atoms with Crippen LogP contribution in [0.1, 0.15) is 28.8 Å². The molecular weight excluding hydrogens is 235 g/mol. The average Bonchev–Trinajstić information content (AvgIpc) is 2.07. The molecule has 0 aliphatic heterocycles. The lowest BCUT2D eigenvalue weighted by Crippen LogP contribution is -2.11. The molecule has 0 fully saturated rings. The molecule has 0 aromatic heterocycles. The van der Waals surface area contributed by atoms with E-state index in [-0.39, 0.29) is 11.6 Å². The van der Waals surface area contributed by atoms with Crippen LogP contribution in [0.5, 0.6) is 0 Å². The summed E-state index contributed by atoms with van der Waals surface area (Å²) in [5, 5.41) is 0. The van der Waals surface area contributed by atoms with Crippen molar-refractivity contribution in [3.63, 3.8) is 0 Å². The Morgan fingerprint density at radius 3 is 2.85 bits per heavy atom. The lowest BCUT2D eigenvalue weighted by Gasteiger charge is -2.15. The van der Waals surface area contributed by atoms with Crippen molar-refractivity contribution in [2.75, 3.05) is 0 Å². The molecule has 0 amide bonds. The smallest absolute Gasteiger partial charge is 0.163 e. The molecule has 68 valence electrons. The van der Waals surface area contributed by atoms with Crippen molar-refractivity contribution in [1.82, 2.24) is 0 Å². The Kier molecular flexibility index (Phi) is 2.20. The van der Waals surface area contributed by atoms with Crippen molar-refractivity contribution in [3.8, 4) is 0 Å². The fraction of sp³-hybridized carbons (Fsp3) is 0.300. The van der Waals surface area contributed by atoms with Crippen LogP contribution in [0.4, 0.5) is 4.39 Å². The van der Waals surface area contributed by atoms with Gasteiger partial charge < -0.3 is 0 Å². The first kappa shape index (κ1) is 8.88. The van der Waals surface area contributed by atoms with Crippen LogP contribution in [0.3, 0.4) is 0 Å². The van der Waals surface area contributed by atoms with Gasteiger partial charge in [0.05, 0.1) is 0 Å². The van der Waals surface area contributed by atoms with Crippen molar-refractivity contribution in [3.05, 3.63) is 33.5 Å². The van der Waals surface area contributed by atoms with E-state index in [4.69, 9.17) is 0 Å². The number of hydrogen-bond acceptors (Lipinski definition) is 1. The van der Waals surface area contributed by atoms with E-state index in [9.17, 15) is 9.18 Å². The number of ketones is 1. The van der Waals surface area contributed by atoms with E-state index in [0.717, 1.165) is 22.9 Å². The van der Waals surface area contributed by atoms with Gasteiger partial charge in [0.25, 0.3) is 0 Å². The van der Waals surface area contributed by atoms with E-state index in [2.05, 4.69) is 15.9 Å². The highest BCUT2D eigenvalue weighted by Gasteiger charge is 2.19. The molecule has 1 aromatic carbocycles. The molecule has 0 radical (unpaired) electrons. The van der Waals surface area contributed by atoms with E-state index < -0.39 is 0 Å². The van der Waals surface area contributed by atoms with Crippen molar-refractivity contribution in [2.24, 2.45) is 0 Å². The number of carbonyl (C=O) groups excluding carboxylic acids is 1. The van der Waals surface area contributed by atoms with E-state index in [1.165, 1.54) is 12.1 Å². The number of rotatable bonds is 0. The Bertz CT molecular complexity index is 373. The zero-order valence-electron chi connectivity index (χ0n) is 6.94. The largest absolute Gasteiger partial charge is 0.294 e. The van der Waals surface area contributed by atoms with Gasteiger partial charge in [0.2, 0.25) is 0 Å². The average molecular weight is 243 g/mol. The van der Waals surface area contributed by atoms with Gasteiger partial charge in [-0.2, -0.15) is 0 Å². The molecule has 2 rings (SSSR count). The van der Waals surface area contributed by atoms with Crippen LogP contribution in [0, 0.1) is 5.82 Å². The predicted molar refractivity (Wildman–Crippen MR) is 51.4 cm³/mol. The van der Waals surface area contributed by atoms with Gasteiger partial charge in [0, 0.05) is 16.5 Å². The molecule has 0 saturated carbocycles. The number of benzene rings is 1. The number of fused-ring (bicyclic) bond motifs is 1. The van der Waals surface area contributed by atoms with Gasteiger partial charge in [-0.15, -0.1) is 0 Å². The monoisotopic (exact) mass is 242 g/mol. The van der Waals surface area contributed by atoms with Gasteiger partial charge in [-0.3, -0.25) is 4.79 Å². The summed E-state index contributed by atoms with van der Waals surface area (Å²) in [6.45, 7) is 0. The summed E-state index contributed by atoms with van der Waals surface area (Å²) in [5.74, 6) is -0.290. The predicted octanol–water partition coefficient (Wildman–Crippen LogP) is 3.11. The van der Waals surface area contributed by atoms with E-state index in [1.807, 2.05) is 0 Å². The molecule has 1 aliphatic carbocycles. The fourth-order valence-corrected chi connectivity index (χ4v) is 2.30. The molecule has 0 spiro atoms. The molecular formula is C10H8BrFO. The highest BCUT2D eigenvalue weighted by atomic mass is 79.9. The molecule has 1 aromatic rings. The summed E-state index contributed by atoms with van der Waals surface area (Å²) in [5.41, 5.74) is 1.51. The normalized spacial score (nSPS) is 15.7. The maximum absolute atomic E-state index is 12.9. The van der Waals surface area contributed by atoms with Crippen LogP contribution >= 0.6 is 15.9 Å². The molecule has 1 aliphatic rings. The molecule has 0 heterocycles. The topological polar surface area (TPSA) is 17.1 Å². The van der Waals surface area contributed by atoms with Gasteiger partial charge >= 0.3 is 0 Å². The van der Waals surface area contributed by atoms with Crippen LogP contribution in [-0.2, 0) is 6.42 Å². The van der Waals surface area contributed by atoms with Crippen molar-refractivity contribution in [2.45, 2.75) is 19.3 Å². The lowest BCUT2D eigenvalue weighted by molar-refractivity contribution is 0.0972. The highest BCUT2D eigenvalue weighted by Crippen LogP contribution is 2.28. The number of halogens is 2. The van der Waals surface area contributed by atoms with Gasteiger partial charge in [-0.25, -0.2) is 4.39 Å². The minimum absolute atomic E-state index is 0.0569. The first-order valence-electron chi connectivity index (χ1n) is 4.19. The molecule has 0 N–H and O–H groups in total. The number of hydrogen-bond donors (Lipinski definition) is 0. The van der Waals surface area contributed by atoms with Crippen LogP contribution in [0.25, 0.3) is 0 Å². The van der Waals surface area contributed by atoms with Crippen molar-refractivity contribution >= 4 is 21.7 Å². The highest BCUT2D eigenvalue weighted by molar-refractivity contribution is 9.10. The Labute approximate surface area is 84.1 Å². The molecule has 3 heteroatoms. The summed E-state index contributed by atoms with van der Waals surface area (Å²) < 4.78 is 13.7. The Hall–Kier alpha value is -0.700. The van der Waals surface area contributed by atoms with Crippen LogP contribution in [0.2, 0.25) is 0 Å². The van der Waals surface area contributed by atoms with Gasteiger partial charge in [-0.1, -0.05) is 15.9 Å². The third-order valence-electron chi connectivity index (χ3n) is 2.29. The fourth-order valence-electron chi connectivity index (χ4n) is 1.67. The summed E-state index contributed by atoms with van der Waals surface area (Å²) in [4.78, 5) is 11.4. The van der Waals surface area contributed by atoms with Gasteiger partial charge in [0.15, 0.2) is 5.78 Å². The summed E-state index contributed by atoms with van der Waals surface area (Å²) in [6.07, 6.45) is 2.28. The summed E-state index contributed by atoms with van der Waals surface area (Å²) >= 11 is 3.27. The first-order valence-corrected chi connectivity index (χ1v) is 4.99. The maximum Gasteiger partial charge on any atom is 0.163 e. The van der Waals surface area contributed by atoms with Gasteiger partial charge in [0.1, 0.15) is 5.82 Å². The second-order valence-corrected chi connectivity index (χ2v) is 4.04. The maximum atomic E-state index is 12.9. The van der Waals surface area contributed by atoms with E-state index >= 15 is 0 Å². The SMILES string of the molecule is O=C1CCCc2c(Br)cc(F)cc21. The molecule has 0 atom stereocenters. The second-order valence-electron chi connectivity index (χ2n) is 3.19. The molecule has 0 unspecified atom stereocenters. The van der Waals surface area contributed by atoms with Crippen LogP contribution < -0.4 is 0 Å². The molecule has 0 bridgehead atoms. The quantitative estimate of drug-likeness (QED) is 0.684. The lowest BCUT2D eigenvalue weighted by atomic mass is 9.91. The van der Waals surface area contributed by atoms with E-state index in [1.54, 1.807) is 0 Å². The van der Waals surface area contributed by atoms with Crippen molar-refractivity contribution < 1.29 is 9.18 Å². The van der Waals surface area contributed by atoms with Gasteiger partial charge in [-0.05, 0) is 30.5 Å². The third-order valence-corrected chi connectivity index (χ3v) is 3.00. The Balaban J connectivity index is 2.63. The minimum Gasteiger partial charge on any atom is -0.294 e. The molecule has 13 heavy (non-hydrogen) atoms. The zero-order chi connectivity index (χ0) is 9.42. The first-order chi connectivity index (χ1) is 6.18. The zero-order valence-corrected chi connectivity index (χ0v) is 8.53. The van der Waals surface area contributed by atoms with Crippen LogP contribution in [-0.4, -0.2) is 5.78 Å². The second kappa shape index (κ2) is 3.22. The summed E-state index contributed by atoms with van der Waals surface area (Å²) in [7, 11) is 0. The third kappa shape index (κ3) is 1.53. The Morgan fingerprint density at radius 2 is 2.08 bits per heavy atom. The van der Waals surface area contributed by atoms with Crippen molar-refractivity contribution in [1.29, 1.82) is 0 Å². The molecule has 0 saturated heterocycles. The van der Waals surface area contributed by atoms with Crippen LogP contribution in [0.15, 0.2) is 16.6 Å². The standard InChI is InChI=1S/C10H8BrFO/c11-9-5-6(12)4-8-7(9)2-1-3-10(8)13/h4-5H,1-3H2.